The Bertz CT molecular complexity index is 688. The Labute approximate surface area is 140 Å². The summed E-state index contributed by atoms with van der Waals surface area (Å²) >= 11 is 0. The third kappa shape index (κ3) is 2.44. The average Bonchev–Trinajstić information content (AvgIpc) is 2.95. The molecule has 0 N–H and O–H groups in total. The summed E-state index contributed by atoms with van der Waals surface area (Å²) in [5.41, 5.74) is 0.482. The molecule has 0 aromatic heterocycles. The van der Waals surface area contributed by atoms with Crippen LogP contribution in [0.1, 0.15) is 30.7 Å². The van der Waals surface area contributed by atoms with E-state index in [1.165, 1.54) is 14.2 Å². The molecule has 3 rings (SSSR count). The molecule has 1 aromatic rings. The quantitative estimate of drug-likeness (QED) is 0.629. The summed E-state index contributed by atoms with van der Waals surface area (Å²) in [6.07, 6.45) is 2.68. The van der Waals surface area contributed by atoms with E-state index in [0.717, 1.165) is 11.1 Å². The number of rotatable bonds is 3. The molecule has 5 heteroatoms. The highest BCUT2D eigenvalue weighted by Gasteiger charge is 2.55. The van der Waals surface area contributed by atoms with Gasteiger partial charge in [0.05, 0.1) is 20.1 Å². The number of carbonyl (C=O) groups excluding carboxylic acids is 3. The lowest BCUT2D eigenvalue weighted by atomic mass is 9.66. The molecule has 0 amide bonds. The molecule has 2 atom stereocenters. The lowest BCUT2D eigenvalue weighted by molar-refractivity contribution is -0.171. The van der Waals surface area contributed by atoms with Crippen LogP contribution in [-0.2, 0) is 23.9 Å². The highest BCUT2D eigenvalue weighted by Crippen LogP contribution is 2.51. The number of hydrogen-bond donors (Lipinski definition) is 0. The smallest absolute Gasteiger partial charge is 0.323 e. The Morgan fingerprint density at radius 3 is 2.29 bits per heavy atom. The zero-order valence-electron chi connectivity index (χ0n) is 13.8. The Morgan fingerprint density at radius 1 is 1.08 bits per heavy atom. The number of benzene rings is 1. The van der Waals surface area contributed by atoms with Crippen LogP contribution in [0.2, 0.25) is 0 Å². The van der Waals surface area contributed by atoms with Gasteiger partial charge in [-0.15, -0.1) is 0 Å². The van der Waals surface area contributed by atoms with Gasteiger partial charge in [0.15, 0.2) is 11.2 Å². The Kier molecular flexibility index (Phi) is 4.26. The van der Waals surface area contributed by atoms with Gasteiger partial charge in [-0.3, -0.25) is 14.4 Å². The number of fused-ring (bicyclic) bond motifs is 1. The highest BCUT2D eigenvalue weighted by molar-refractivity contribution is 6.03. The van der Waals surface area contributed by atoms with Crippen molar-refractivity contribution in [2.24, 2.45) is 11.3 Å². The number of methoxy groups -OCH3 is 2. The number of allylic oxidation sites excluding steroid dienone is 2. The summed E-state index contributed by atoms with van der Waals surface area (Å²) in [7, 11) is 2.53. The predicted octanol–water partition coefficient (Wildman–Crippen LogP) is 2.41. The summed E-state index contributed by atoms with van der Waals surface area (Å²) in [6, 6.07) is 9.63. The van der Waals surface area contributed by atoms with Gasteiger partial charge in [0.25, 0.3) is 0 Å². The molecule has 0 bridgehead atoms. The van der Waals surface area contributed by atoms with Crippen molar-refractivity contribution < 1.29 is 23.9 Å². The summed E-state index contributed by atoms with van der Waals surface area (Å²) in [6.45, 7) is 0. The average molecular weight is 328 g/mol. The summed E-state index contributed by atoms with van der Waals surface area (Å²) in [4.78, 5) is 37.1. The lowest BCUT2D eigenvalue weighted by Crippen LogP contribution is -2.45. The van der Waals surface area contributed by atoms with Crippen LogP contribution in [0.5, 0.6) is 0 Å². The molecule has 0 saturated heterocycles. The maximum atomic E-state index is 12.5. The molecule has 1 aromatic carbocycles. The molecule has 0 radical (unpaired) electrons. The standard InChI is InChI=1S/C19H20O5/c1-23-17(21)19(18(22)24-2)9-8-14-13(11-19)10-15(20)16(14)12-6-4-3-5-7-12/h3-7,10,14,16H,8-9,11H2,1-2H3/t14-,16+/m0/s1. The van der Waals surface area contributed by atoms with Crippen molar-refractivity contribution in [3.8, 4) is 0 Å². The molecule has 0 aliphatic heterocycles. The molecular weight excluding hydrogens is 308 g/mol. The van der Waals surface area contributed by atoms with Gasteiger partial charge in [-0.05, 0) is 36.8 Å². The van der Waals surface area contributed by atoms with Gasteiger partial charge in [0.1, 0.15) is 0 Å². The Morgan fingerprint density at radius 2 is 1.71 bits per heavy atom. The van der Waals surface area contributed by atoms with Crippen LogP contribution < -0.4 is 0 Å². The molecule has 24 heavy (non-hydrogen) atoms. The van der Waals surface area contributed by atoms with Crippen molar-refractivity contribution in [2.45, 2.75) is 25.2 Å². The molecule has 2 aliphatic carbocycles. The minimum Gasteiger partial charge on any atom is -0.468 e. The van der Waals surface area contributed by atoms with Crippen molar-refractivity contribution in [3.05, 3.63) is 47.5 Å². The van der Waals surface area contributed by atoms with Crippen LogP contribution in [0.25, 0.3) is 0 Å². The summed E-state index contributed by atoms with van der Waals surface area (Å²) < 4.78 is 9.70. The predicted molar refractivity (Wildman–Crippen MR) is 86.1 cm³/mol. The van der Waals surface area contributed by atoms with Crippen molar-refractivity contribution in [1.82, 2.24) is 0 Å². The highest BCUT2D eigenvalue weighted by atomic mass is 16.5. The molecule has 5 nitrogen and oxygen atoms in total. The van der Waals surface area contributed by atoms with Crippen molar-refractivity contribution in [3.63, 3.8) is 0 Å². The third-order valence-electron chi connectivity index (χ3n) is 5.21. The fourth-order valence-corrected chi connectivity index (χ4v) is 4.04. The lowest BCUT2D eigenvalue weighted by Gasteiger charge is -2.37. The second kappa shape index (κ2) is 6.23. The second-order valence-electron chi connectivity index (χ2n) is 6.40. The van der Waals surface area contributed by atoms with E-state index in [1.807, 2.05) is 30.3 Å². The summed E-state index contributed by atoms with van der Waals surface area (Å²) in [5.74, 6) is -1.35. The number of ether oxygens (including phenoxy) is 2. The molecule has 2 aliphatic rings. The van der Waals surface area contributed by atoms with E-state index in [0.29, 0.717) is 12.8 Å². The molecule has 0 spiro atoms. The van der Waals surface area contributed by atoms with E-state index in [1.54, 1.807) is 6.08 Å². The van der Waals surface area contributed by atoms with E-state index < -0.39 is 17.4 Å². The van der Waals surface area contributed by atoms with Crippen molar-refractivity contribution >= 4 is 17.7 Å². The minimum atomic E-state index is -1.34. The maximum Gasteiger partial charge on any atom is 0.323 e. The summed E-state index contributed by atoms with van der Waals surface area (Å²) in [5, 5.41) is 0. The van der Waals surface area contributed by atoms with Crippen molar-refractivity contribution in [2.75, 3.05) is 14.2 Å². The molecular formula is C19H20O5. The van der Waals surface area contributed by atoms with Crippen LogP contribution in [-0.4, -0.2) is 31.9 Å². The Balaban J connectivity index is 1.92. The van der Waals surface area contributed by atoms with E-state index in [-0.39, 0.29) is 24.0 Å². The first-order chi connectivity index (χ1) is 11.5. The number of carbonyl (C=O) groups is 3. The van der Waals surface area contributed by atoms with E-state index in [4.69, 9.17) is 9.47 Å². The third-order valence-corrected chi connectivity index (χ3v) is 5.21. The fraction of sp³-hybridized carbons (Fsp3) is 0.421. The molecule has 1 saturated carbocycles. The first-order valence-electron chi connectivity index (χ1n) is 7.99. The van der Waals surface area contributed by atoms with Gasteiger partial charge in [0, 0.05) is 0 Å². The van der Waals surface area contributed by atoms with E-state index >= 15 is 0 Å². The topological polar surface area (TPSA) is 69.7 Å². The van der Waals surface area contributed by atoms with Crippen LogP contribution in [0.15, 0.2) is 42.0 Å². The van der Waals surface area contributed by atoms with Gasteiger partial charge < -0.3 is 9.47 Å². The molecule has 1 fully saturated rings. The number of esters is 2. The molecule has 0 unspecified atom stereocenters. The van der Waals surface area contributed by atoms with E-state index in [2.05, 4.69) is 0 Å². The van der Waals surface area contributed by atoms with Crippen LogP contribution in [0, 0.1) is 11.3 Å². The van der Waals surface area contributed by atoms with Gasteiger partial charge >= 0.3 is 11.9 Å². The van der Waals surface area contributed by atoms with Crippen LogP contribution in [0.4, 0.5) is 0 Å². The van der Waals surface area contributed by atoms with Gasteiger partial charge in [-0.1, -0.05) is 35.9 Å². The minimum absolute atomic E-state index is 0.0299. The van der Waals surface area contributed by atoms with Gasteiger partial charge in [-0.2, -0.15) is 0 Å². The Hall–Kier alpha value is -2.43. The zero-order chi connectivity index (χ0) is 17.3. The molecule has 126 valence electrons. The monoisotopic (exact) mass is 328 g/mol. The van der Waals surface area contributed by atoms with Gasteiger partial charge in [-0.25, -0.2) is 0 Å². The largest absolute Gasteiger partial charge is 0.468 e. The fourth-order valence-electron chi connectivity index (χ4n) is 4.04. The SMILES string of the molecule is COC(=O)C1(C(=O)OC)CC[C@H]2C(=CC(=O)[C@@H]2c2ccccc2)C1. The molecule has 0 heterocycles. The number of hydrogen-bond acceptors (Lipinski definition) is 5. The normalized spacial score (nSPS) is 24.8. The first kappa shape index (κ1) is 16.4. The first-order valence-corrected chi connectivity index (χ1v) is 7.99. The van der Waals surface area contributed by atoms with Crippen molar-refractivity contribution in [1.29, 1.82) is 0 Å². The second-order valence-corrected chi connectivity index (χ2v) is 6.40. The zero-order valence-corrected chi connectivity index (χ0v) is 13.8. The van der Waals surface area contributed by atoms with E-state index in [9.17, 15) is 14.4 Å². The number of ketones is 1. The maximum absolute atomic E-state index is 12.5. The van der Waals surface area contributed by atoms with Crippen LogP contribution in [0.3, 0.4) is 0 Å². The van der Waals surface area contributed by atoms with Gasteiger partial charge in [0.2, 0.25) is 0 Å². The van der Waals surface area contributed by atoms with Crippen LogP contribution >= 0.6 is 0 Å².